The third-order valence-corrected chi connectivity index (χ3v) is 4.58. The molecule has 1 fully saturated rings. The number of carbonyl (C=O) groups is 1. The van der Waals surface area contributed by atoms with Gasteiger partial charge < -0.3 is 5.32 Å². The van der Waals surface area contributed by atoms with E-state index in [2.05, 4.69) is 40.9 Å². The van der Waals surface area contributed by atoms with Crippen molar-refractivity contribution in [2.24, 2.45) is 5.92 Å². The molecule has 1 N–H and O–H groups in total. The molecule has 4 rings (SSSR count). The van der Waals surface area contributed by atoms with Crippen LogP contribution in [0.4, 0.5) is 5.82 Å². The fourth-order valence-corrected chi connectivity index (χ4v) is 2.87. The van der Waals surface area contributed by atoms with Gasteiger partial charge in [-0.25, -0.2) is 4.98 Å². The van der Waals surface area contributed by atoms with Crippen LogP contribution in [0.15, 0.2) is 49.3 Å². The van der Waals surface area contributed by atoms with E-state index in [1.165, 1.54) is 5.56 Å². The number of hydrogen-bond donors (Lipinski definition) is 1. The van der Waals surface area contributed by atoms with Crippen molar-refractivity contribution in [2.45, 2.75) is 19.8 Å². The van der Waals surface area contributed by atoms with Crippen molar-refractivity contribution in [3.8, 4) is 11.3 Å². The molecule has 1 aliphatic rings. The molecule has 2 heterocycles. The normalized spacial score (nSPS) is 13.6. The van der Waals surface area contributed by atoms with Crippen LogP contribution in [0.1, 0.15) is 24.0 Å². The van der Waals surface area contributed by atoms with Crippen molar-refractivity contribution in [1.29, 1.82) is 0 Å². The summed E-state index contributed by atoms with van der Waals surface area (Å²) in [7, 11) is 0. The number of nitrogens with zero attached hydrogens (tertiary/aromatic N) is 2. The summed E-state index contributed by atoms with van der Waals surface area (Å²) in [6.45, 7) is 5.90. The van der Waals surface area contributed by atoms with E-state index in [-0.39, 0.29) is 11.8 Å². The maximum absolute atomic E-state index is 11.9. The Morgan fingerprint density at radius 1 is 1.16 bits per heavy atom. The number of aryl methyl sites for hydroxylation is 1. The Balaban J connectivity index is 1.68. The Hall–Kier alpha value is -3.01. The van der Waals surface area contributed by atoms with E-state index in [0.29, 0.717) is 5.82 Å². The van der Waals surface area contributed by atoms with Crippen LogP contribution in [0.3, 0.4) is 0 Å². The summed E-state index contributed by atoms with van der Waals surface area (Å²) in [5.74, 6) is 0.815. The molecule has 4 heteroatoms. The monoisotopic (exact) mass is 329 g/mol. The van der Waals surface area contributed by atoms with Crippen molar-refractivity contribution >= 4 is 28.6 Å². The summed E-state index contributed by atoms with van der Waals surface area (Å²) in [6, 6.07) is 10.1. The first-order valence-corrected chi connectivity index (χ1v) is 8.44. The summed E-state index contributed by atoms with van der Waals surface area (Å²) < 4.78 is 0. The van der Waals surface area contributed by atoms with Crippen LogP contribution < -0.4 is 5.32 Å². The molecule has 2 aromatic heterocycles. The Kier molecular flexibility index (Phi) is 3.80. The number of aromatic nitrogens is 2. The van der Waals surface area contributed by atoms with E-state index >= 15 is 0 Å². The lowest BCUT2D eigenvalue weighted by molar-refractivity contribution is -0.117. The van der Waals surface area contributed by atoms with E-state index < -0.39 is 0 Å². The molecule has 0 unspecified atom stereocenters. The summed E-state index contributed by atoms with van der Waals surface area (Å²) in [5.41, 5.74) is 4.23. The molecule has 1 aromatic carbocycles. The maximum atomic E-state index is 11.9. The average molecular weight is 329 g/mol. The predicted octanol–water partition coefficient (Wildman–Crippen LogP) is 4.60. The van der Waals surface area contributed by atoms with Gasteiger partial charge in [0.05, 0.1) is 5.69 Å². The molecule has 0 aliphatic heterocycles. The lowest BCUT2D eigenvalue weighted by atomic mass is 10.0. The topological polar surface area (TPSA) is 54.9 Å². The van der Waals surface area contributed by atoms with Crippen molar-refractivity contribution in [1.82, 2.24) is 9.97 Å². The SMILES string of the molecule is C=Cc1ccc(C)c(-c2cc3cnc(NC(=O)C4CC4)cc3cn2)c1. The first kappa shape index (κ1) is 15.5. The van der Waals surface area contributed by atoms with Crippen LogP contribution in [-0.2, 0) is 4.79 Å². The highest BCUT2D eigenvalue weighted by Gasteiger charge is 2.29. The Morgan fingerprint density at radius 2 is 1.92 bits per heavy atom. The second-order valence-corrected chi connectivity index (χ2v) is 6.53. The maximum Gasteiger partial charge on any atom is 0.228 e. The Bertz CT molecular complexity index is 990. The quantitative estimate of drug-likeness (QED) is 0.761. The van der Waals surface area contributed by atoms with E-state index in [9.17, 15) is 4.79 Å². The molecule has 0 saturated heterocycles. The van der Waals surface area contributed by atoms with Crippen LogP contribution in [0, 0.1) is 12.8 Å². The minimum absolute atomic E-state index is 0.0632. The van der Waals surface area contributed by atoms with Gasteiger partial charge in [0.2, 0.25) is 5.91 Å². The second kappa shape index (κ2) is 6.13. The number of benzene rings is 1. The number of hydrogen-bond acceptors (Lipinski definition) is 3. The van der Waals surface area contributed by atoms with Gasteiger partial charge in [-0.1, -0.05) is 24.8 Å². The van der Waals surface area contributed by atoms with Gasteiger partial charge in [-0.2, -0.15) is 0 Å². The van der Waals surface area contributed by atoms with Gasteiger partial charge in [-0.15, -0.1) is 0 Å². The van der Waals surface area contributed by atoms with Crippen molar-refractivity contribution in [3.63, 3.8) is 0 Å². The highest BCUT2D eigenvalue weighted by molar-refractivity contribution is 5.95. The van der Waals surface area contributed by atoms with E-state index in [1.807, 2.05) is 30.5 Å². The van der Waals surface area contributed by atoms with Gasteiger partial charge in [-0.3, -0.25) is 9.78 Å². The second-order valence-electron chi connectivity index (χ2n) is 6.53. The molecule has 1 aliphatic carbocycles. The first-order chi connectivity index (χ1) is 12.1. The molecule has 0 radical (unpaired) electrons. The smallest absolute Gasteiger partial charge is 0.228 e. The average Bonchev–Trinajstić information content (AvgIpc) is 3.47. The molecule has 1 saturated carbocycles. The van der Waals surface area contributed by atoms with Gasteiger partial charge >= 0.3 is 0 Å². The summed E-state index contributed by atoms with van der Waals surface area (Å²) >= 11 is 0. The van der Waals surface area contributed by atoms with Crippen LogP contribution in [0.25, 0.3) is 28.1 Å². The third-order valence-electron chi connectivity index (χ3n) is 4.58. The van der Waals surface area contributed by atoms with E-state index in [4.69, 9.17) is 0 Å². The summed E-state index contributed by atoms with van der Waals surface area (Å²) in [6.07, 6.45) is 7.41. The molecule has 0 atom stereocenters. The molecular formula is C21H19N3O. The number of carbonyl (C=O) groups excluding carboxylic acids is 1. The Labute approximate surface area is 146 Å². The molecule has 25 heavy (non-hydrogen) atoms. The number of amides is 1. The lowest BCUT2D eigenvalue weighted by Gasteiger charge is -2.09. The number of fused-ring (bicyclic) bond motifs is 1. The van der Waals surface area contributed by atoms with E-state index in [0.717, 1.165) is 40.4 Å². The molecule has 3 aromatic rings. The van der Waals surface area contributed by atoms with Crippen molar-refractivity contribution < 1.29 is 4.79 Å². The lowest BCUT2D eigenvalue weighted by Crippen LogP contribution is -2.14. The summed E-state index contributed by atoms with van der Waals surface area (Å²) in [5, 5.41) is 4.84. The fourth-order valence-electron chi connectivity index (χ4n) is 2.87. The Morgan fingerprint density at radius 3 is 2.68 bits per heavy atom. The molecule has 0 bridgehead atoms. The van der Waals surface area contributed by atoms with Gasteiger partial charge in [0, 0.05) is 34.6 Å². The minimum atomic E-state index is 0.0632. The zero-order chi connectivity index (χ0) is 17.4. The number of rotatable bonds is 4. The molecule has 1 amide bonds. The van der Waals surface area contributed by atoms with Crippen molar-refractivity contribution in [3.05, 3.63) is 60.4 Å². The highest BCUT2D eigenvalue weighted by atomic mass is 16.2. The van der Waals surface area contributed by atoms with Crippen LogP contribution in [0.2, 0.25) is 0 Å². The standard InChI is InChI=1S/C21H19N3O/c1-3-14-5-4-13(2)18(8-14)19-9-16-12-23-20(10-17(16)11-22-19)24-21(25)15-6-7-15/h3-5,8-12,15H,1,6-7H2,2H3,(H,23,24,25). The molecule has 0 spiro atoms. The third kappa shape index (κ3) is 3.15. The fraction of sp³-hybridized carbons (Fsp3) is 0.190. The molecular weight excluding hydrogens is 310 g/mol. The molecule has 4 nitrogen and oxygen atoms in total. The first-order valence-electron chi connectivity index (χ1n) is 8.44. The van der Waals surface area contributed by atoms with Gasteiger partial charge in [-0.05, 0) is 49.1 Å². The number of anilines is 1. The van der Waals surface area contributed by atoms with Crippen LogP contribution in [0.5, 0.6) is 0 Å². The van der Waals surface area contributed by atoms with Crippen LogP contribution in [-0.4, -0.2) is 15.9 Å². The van der Waals surface area contributed by atoms with Gasteiger partial charge in [0.15, 0.2) is 0 Å². The van der Waals surface area contributed by atoms with Crippen molar-refractivity contribution in [2.75, 3.05) is 5.32 Å². The minimum Gasteiger partial charge on any atom is -0.310 e. The van der Waals surface area contributed by atoms with Gasteiger partial charge in [0.25, 0.3) is 0 Å². The van der Waals surface area contributed by atoms with Crippen LogP contribution >= 0.6 is 0 Å². The zero-order valence-corrected chi connectivity index (χ0v) is 14.1. The molecule has 124 valence electrons. The number of pyridine rings is 2. The highest BCUT2D eigenvalue weighted by Crippen LogP contribution is 2.30. The van der Waals surface area contributed by atoms with E-state index in [1.54, 1.807) is 6.20 Å². The predicted molar refractivity (Wildman–Crippen MR) is 101 cm³/mol. The largest absolute Gasteiger partial charge is 0.310 e. The number of nitrogens with one attached hydrogen (secondary N) is 1. The summed E-state index contributed by atoms with van der Waals surface area (Å²) in [4.78, 5) is 20.9. The zero-order valence-electron chi connectivity index (χ0n) is 14.1. The van der Waals surface area contributed by atoms with Gasteiger partial charge in [0.1, 0.15) is 5.82 Å².